The van der Waals surface area contributed by atoms with Crippen molar-refractivity contribution in [1.82, 2.24) is 23.7 Å². The Bertz CT molecular complexity index is 1410. The number of imidazole rings is 1. The van der Waals surface area contributed by atoms with Crippen LogP contribution in [0.15, 0.2) is 40.2 Å². The fourth-order valence-electron chi connectivity index (χ4n) is 4.00. The van der Waals surface area contributed by atoms with E-state index in [9.17, 15) is 14.4 Å². The summed E-state index contributed by atoms with van der Waals surface area (Å²) in [5.41, 5.74) is 0.336. The Morgan fingerprint density at radius 3 is 2.81 bits per heavy atom. The molecular formula is C21H22N6O4S. The number of benzene rings is 1. The topological polar surface area (TPSA) is 104 Å². The molecule has 0 bridgehead atoms. The van der Waals surface area contributed by atoms with Gasteiger partial charge in [0.2, 0.25) is 5.91 Å². The normalized spacial score (nSPS) is 16.2. The highest BCUT2D eigenvalue weighted by molar-refractivity contribution is 7.22. The number of carbonyl (C=O) groups excluding carboxylic acids is 1. The van der Waals surface area contributed by atoms with Gasteiger partial charge in [0.05, 0.1) is 29.2 Å². The van der Waals surface area contributed by atoms with Crippen molar-refractivity contribution >= 4 is 43.8 Å². The van der Waals surface area contributed by atoms with E-state index < -0.39 is 11.2 Å². The van der Waals surface area contributed by atoms with Gasteiger partial charge in [0.15, 0.2) is 16.3 Å². The third kappa shape index (κ3) is 3.43. The minimum absolute atomic E-state index is 0.0563. The molecule has 166 valence electrons. The van der Waals surface area contributed by atoms with Gasteiger partial charge in [-0.3, -0.25) is 23.6 Å². The lowest BCUT2D eigenvalue weighted by Gasteiger charge is -2.23. The molecule has 1 aliphatic heterocycles. The molecule has 4 heterocycles. The number of hydrogen-bond donors (Lipinski definition) is 0. The maximum absolute atomic E-state index is 13.5. The highest BCUT2D eigenvalue weighted by atomic mass is 32.1. The Morgan fingerprint density at radius 2 is 2.06 bits per heavy atom. The van der Waals surface area contributed by atoms with Crippen molar-refractivity contribution in [3.05, 3.63) is 51.4 Å². The molecular weight excluding hydrogens is 432 g/mol. The van der Waals surface area contributed by atoms with Gasteiger partial charge in [0, 0.05) is 20.7 Å². The molecule has 1 unspecified atom stereocenters. The van der Waals surface area contributed by atoms with E-state index in [-0.39, 0.29) is 29.7 Å². The second-order valence-electron chi connectivity index (χ2n) is 7.85. The second-order valence-corrected chi connectivity index (χ2v) is 8.86. The molecule has 1 amide bonds. The maximum Gasteiger partial charge on any atom is 0.332 e. The Hall–Kier alpha value is -3.31. The molecule has 1 atom stereocenters. The van der Waals surface area contributed by atoms with Gasteiger partial charge in [-0.2, -0.15) is 0 Å². The van der Waals surface area contributed by atoms with Crippen LogP contribution in [0.4, 0.5) is 5.13 Å². The number of hydrogen-bond acceptors (Lipinski definition) is 7. The van der Waals surface area contributed by atoms with Crippen LogP contribution in [0.2, 0.25) is 0 Å². The lowest BCUT2D eigenvalue weighted by Crippen LogP contribution is -2.40. The van der Waals surface area contributed by atoms with Crippen molar-refractivity contribution < 1.29 is 9.53 Å². The van der Waals surface area contributed by atoms with E-state index in [1.807, 2.05) is 24.3 Å². The smallest absolute Gasteiger partial charge is 0.332 e. The van der Waals surface area contributed by atoms with Gasteiger partial charge < -0.3 is 9.30 Å². The van der Waals surface area contributed by atoms with Crippen molar-refractivity contribution in [3.63, 3.8) is 0 Å². The molecule has 0 aliphatic carbocycles. The van der Waals surface area contributed by atoms with Gasteiger partial charge in [-0.1, -0.05) is 23.5 Å². The summed E-state index contributed by atoms with van der Waals surface area (Å²) in [7, 11) is 2.96. The van der Waals surface area contributed by atoms with Gasteiger partial charge in [0.25, 0.3) is 5.56 Å². The van der Waals surface area contributed by atoms with E-state index in [1.54, 1.807) is 11.9 Å². The number of fused-ring (bicyclic) bond motifs is 2. The first kappa shape index (κ1) is 20.6. The lowest BCUT2D eigenvalue weighted by molar-refractivity contribution is -0.119. The zero-order valence-corrected chi connectivity index (χ0v) is 18.5. The summed E-state index contributed by atoms with van der Waals surface area (Å²) >= 11 is 1.45. The molecule has 32 heavy (non-hydrogen) atoms. The Kier molecular flexibility index (Phi) is 5.14. The zero-order valence-electron chi connectivity index (χ0n) is 17.7. The fourth-order valence-corrected chi connectivity index (χ4v) is 4.99. The number of carbonyl (C=O) groups is 1. The van der Waals surface area contributed by atoms with E-state index in [1.165, 1.54) is 33.8 Å². The number of anilines is 1. The third-order valence-corrected chi connectivity index (χ3v) is 6.81. The van der Waals surface area contributed by atoms with Crippen LogP contribution in [0.3, 0.4) is 0 Å². The van der Waals surface area contributed by atoms with Crippen LogP contribution in [0.5, 0.6) is 0 Å². The number of aromatic nitrogens is 5. The number of aryl methyl sites for hydroxylation is 1. The standard InChI is InChI=1S/C21H22N6O4S/c1-24-18-17(19(29)25(2)21(24)30)26(12-22-18)11-16(28)27(10-13-6-5-9-31-13)20-23-14-7-3-4-8-15(14)32-20/h3-4,7-8,12-13H,5-6,9-11H2,1-2H3. The molecule has 11 heteroatoms. The SMILES string of the molecule is Cn1c(=O)c2c(ncn2CC(=O)N(CC2CCCO2)c2nc3ccccc3s2)n(C)c1=O. The first-order valence-electron chi connectivity index (χ1n) is 10.3. The van der Waals surface area contributed by atoms with E-state index in [4.69, 9.17) is 4.74 Å². The largest absolute Gasteiger partial charge is 0.376 e. The quantitative estimate of drug-likeness (QED) is 0.450. The minimum atomic E-state index is -0.487. The molecule has 0 spiro atoms. The van der Waals surface area contributed by atoms with Gasteiger partial charge >= 0.3 is 5.69 Å². The number of para-hydroxylation sites is 1. The van der Waals surface area contributed by atoms with Crippen LogP contribution in [0.1, 0.15) is 12.8 Å². The summed E-state index contributed by atoms with van der Waals surface area (Å²) < 4.78 is 10.6. The summed E-state index contributed by atoms with van der Waals surface area (Å²) in [6, 6.07) is 7.74. The van der Waals surface area contributed by atoms with Crippen LogP contribution in [0, 0.1) is 0 Å². The fraction of sp³-hybridized carbons (Fsp3) is 0.381. The van der Waals surface area contributed by atoms with Crippen LogP contribution in [-0.2, 0) is 30.2 Å². The Balaban J connectivity index is 1.53. The first-order valence-corrected chi connectivity index (χ1v) is 11.1. The van der Waals surface area contributed by atoms with Crippen LogP contribution in [0.25, 0.3) is 21.4 Å². The van der Waals surface area contributed by atoms with Crippen LogP contribution < -0.4 is 16.1 Å². The van der Waals surface area contributed by atoms with Gasteiger partial charge in [0.1, 0.15) is 6.54 Å². The number of ether oxygens (including phenoxy) is 1. The van der Waals surface area contributed by atoms with Gasteiger partial charge in [-0.25, -0.2) is 14.8 Å². The number of amides is 1. The molecule has 4 aromatic rings. The molecule has 1 aliphatic rings. The summed E-state index contributed by atoms with van der Waals surface area (Å²) in [6.45, 7) is 0.969. The van der Waals surface area contributed by atoms with Crippen molar-refractivity contribution in [1.29, 1.82) is 0 Å². The molecule has 3 aromatic heterocycles. The van der Waals surface area contributed by atoms with E-state index in [0.29, 0.717) is 18.3 Å². The molecule has 1 aromatic carbocycles. The van der Waals surface area contributed by atoms with Crippen LogP contribution >= 0.6 is 11.3 Å². The molecule has 1 fully saturated rings. The summed E-state index contributed by atoms with van der Waals surface area (Å²) in [5, 5.41) is 0.594. The molecule has 10 nitrogen and oxygen atoms in total. The zero-order chi connectivity index (χ0) is 22.4. The summed E-state index contributed by atoms with van der Waals surface area (Å²) in [6.07, 6.45) is 3.21. The monoisotopic (exact) mass is 454 g/mol. The highest BCUT2D eigenvalue weighted by Gasteiger charge is 2.27. The Labute approximate surface area is 186 Å². The highest BCUT2D eigenvalue weighted by Crippen LogP contribution is 2.30. The minimum Gasteiger partial charge on any atom is -0.376 e. The number of nitrogens with zero attached hydrogens (tertiary/aromatic N) is 6. The van der Waals surface area contributed by atoms with Crippen molar-refractivity contribution in [2.45, 2.75) is 25.5 Å². The van der Waals surface area contributed by atoms with E-state index in [0.717, 1.165) is 27.6 Å². The molecule has 0 N–H and O–H groups in total. The predicted molar refractivity (Wildman–Crippen MR) is 121 cm³/mol. The predicted octanol–water partition coefficient (Wildman–Crippen LogP) is 1.26. The average Bonchev–Trinajstić information content (AvgIpc) is 3.53. The third-order valence-electron chi connectivity index (χ3n) is 5.75. The number of rotatable bonds is 5. The van der Waals surface area contributed by atoms with Crippen molar-refractivity contribution in [2.24, 2.45) is 14.1 Å². The van der Waals surface area contributed by atoms with Crippen LogP contribution in [-0.4, -0.2) is 48.8 Å². The van der Waals surface area contributed by atoms with Gasteiger partial charge in [-0.05, 0) is 25.0 Å². The number of thiazole rings is 1. The molecule has 1 saturated heterocycles. The first-order chi connectivity index (χ1) is 15.4. The van der Waals surface area contributed by atoms with E-state index in [2.05, 4.69) is 9.97 Å². The average molecular weight is 455 g/mol. The molecule has 0 radical (unpaired) electrons. The second kappa shape index (κ2) is 7.99. The summed E-state index contributed by atoms with van der Waals surface area (Å²) in [5.74, 6) is -0.227. The van der Waals surface area contributed by atoms with E-state index >= 15 is 0 Å². The summed E-state index contributed by atoms with van der Waals surface area (Å²) in [4.78, 5) is 48.9. The molecule has 0 saturated carbocycles. The van der Waals surface area contributed by atoms with Crippen molar-refractivity contribution in [2.75, 3.05) is 18.1 Å². The maximum atomic E-state index is 13.5. The lowest BCUT2D eigenvalue weighted by atomic mass is 10.2. The molecule has 5 rings (SSSR count). The Morgan fingerprint density at radius 1 is 1.25 bits per heavy atom. The van der Waals surface area contributed by atoms with Crippen molar-refractivity contribution in [3.8, 4) is 0 Å². The van der Waals surface area contributed by atoms with Gasteiger partial charge in [-0.15, -0.1) is 0 Å².